The van der Waals surface area contributed by atoms with Crippen LogP contribution in [0.25, 0.3) is 0 Å². The standard InChI is InChI=1S/C22H21Cl3FN5S/c23-17-2-1-3-20(26)16(17)14-31-7-6-21(28-31)27-22(32)30-10-8-29(9-11-30)13-15-4-5-18(24)19(25)12-15/h1-7,12H,8-11,13-14H2,(H,27,28,32). The highest BCUT2D eigenvalue weighted by atomic mass is 35.5. The summed E-state index contributed by atoms with van der Waals surface area (Å²) in [5, 5.41) is 9.75. The van der Waals surface area contributed by atoms with E-state index in [9.17, 15) is 4.39 Å². The molecule has 1 aromatic heterocycles. The van der Waals surface area contributed by atoms with Gasteiger partial charge in [0.15, 0.2) is 10.9 Å². The van der Waals surface area contributed by atoms with Crippen LogP contribution < -0.4 is 5.32 Å². The van der Waals surface area contributed by atoms with Crippen LogP contribution in [0.5, 0.6) is 0 Å². The lowest BCUT2D eigenvalue weighted by atomic mass is 10.2. The molecule has 32 heavy (non-hydrogen) atoms. The van der Waals surface area contributed by atoms with Crippen molar-refractivity contribution in [1.82, 2.24) is 19.6 Å². The Hall–Kier alpha value is -1.90. The lowest BCUT2D eigenvalue weighted by Crippen LogP contribution is -2.49. The minimum Gasteiger partial charge on any atom is -0.346 e. The number of benzene rings is 2. The Morgan fingerprint density at radius 2 is 1.75 bits per heavy atom. The molecule has 1 N–H and O–H groups in total. The average Bonchev–Trinajstić information content (AvgIpc) is 3.21. The van der Waals surface area contributed by atoms with Gasteiger partial charge in [0.25, 0.3) is 0 Å². The molecule has 0 saturated carbocycles. The van der Waals surface area contributed by atoms with Gasteiger partial charge < -0.3 is 10.2 Å². The molecule has 168 valence electrons. The van der Waals surface area contributed by atoms with E-state index in [-0.39, 0.29) is 12.4 Å². The molecule has 0 amide bonds. The average molecular weight is 513 g/mol. The second-order valence-corrected chi connectivity index (χ2v) is 9.15. The van der Waals surface area contributed by atoms with E-state index in [0.29, 0.717) is 31.6 Å². The van der Waals surface area contributed by atoms with Crippen molar-refractivity contribution in [3.05, 3.63) is 80.7 Å². The van der Waals surface area contributed by atoms with Crippen LogP contribution >= 0.6 is 47.0 Å². The Balaban J connectivity index is 1.28. The number of rotatable bonds is 5. The number of aromatic nitrogens is 2. The van der Waals surface area contributed by atoms with Crippen molar-refractivity contribution in [2.75, 3.05) is 31.5 Å². The molecule has 3 aromatic rings. The lowest BCUT2D eigenvalue weighted by molar-refractivity contribution is 0.177. The zero-order valence-electron chi connectivity index (χ0n) is 17.1. The SMILES string of the molecule is Fc1cccc(Cl)c1Cn1ccc(NC(=S)N2CCN(Cc3ccc(Cl)c(Cl)c3)CC2)n1. The summed E-state index contributed by atoms with van der Waals surface area (Å²) in [6.07, 6.45) is 1.77. The number of hydrogen-bond acceptors (Lipinski definition) is 3. The van der Waals surface area contributed by atoms with Crippen LogP contribution in [-0.4, -0.2) is 50.9 Å². The van der Waals surface area contributed by atoms with Gasteiger partial charge in [-0.05, 0) is 42.0 Å². The third-order valence-electron chi connectivity index (χ3n) is 5.31. The predicted molar refractivity (Wildman–Crippen MR) is 132 cm³/mol. The smallest absolute Gasteiger partial charge is 0.174 e. The summed E-state index contributed by atoms with van der Waals surface area (Å²) in [6.45, 7) is 4.42. The summed E-state index contributed by atoms with van der Waals surface area (Å²) in [6, 6.07) is 12.2. The van der Waals surface area contributed by atoms with Gasteiger partial charge in [-0.25, -0.2) is 4.39 Å². The number of nitrogens with zero attached hydrogens (tertiary/aromatic N) is 4. The molecule has 4 rings (SSSR count). The van der Waals surface area contributed by atoms with Gasteiger partial charge in [-0.1, -0.05) is 46.9 Å². The molecular formula is C22H21Cl3FN5S. The van der Waals surface area contributed by atoms with Crippen molar-refractivity contribution in [2.24, 2.45) is 0 Å². The largest absolute Gasteiger partial charge is 0.346 e. The first kappa shape index (κ1) is 23.3. The third kappa shape index (κ3) is 5.71. The molecule has 10 heteroatoms. The molecule has 2 aromatic carbocycles. The first-order valence-electron chi connectivity index (χ1n) is 10.1. The van der Waals surface area contributed by atoms with Gasteiger partial charge >= 0.3 is 0 Å². The second kappa shape index (κ2) is 10.4. The molecule has 0 spiro atoms. The van der Waals surface area contributed by atoms with Crippen molar-refractivity contribution >= 4 is 58.0 Å². The van der Waals surface area contributed by atoms with Gasteiger partial charge in [0.05, 0.1) is 16.6 Å². The Morgan fingerprint density at radius 1 is 0.969 bits per heavy atom. The van der Waals surface area contributed by atoms with E-state index in [4.69, 9.17) is 47.0 Å². The van der Waals surface area contributed by atoms with Crippen molar-refractivity contribution in [3.8, 4) is 0 Å². The molecule has 2 heterocycles. The van der Waals surface area contributed by atoms with E-state index < -0.39 is 0 Å². The zero-order chi connectivity index (χ0) is 22.7. The highest BCUT2D eigenvalue weighted by Gasteiger charge is 2.20. The van der Waals surface area contributed by atoms with E-state index in [2.05, 4.69) is 20.2 Å². The van der Waals surface area contributed by atoms with E-state index in [1.54, 1.807) is 23.0 Å². The van der Waals surface area contributed by atoms with Crippen LogP contribution in [-0.2, 0) is 13.1 Å². The number of thiocarbonyl (C=S) groups is 1. The molecule has 5 nitrogen and oxygen atoms in total. The van der Waals surface area contributed by atoms with Gasteiger partial charge in [-0.15, -0.1) is 0 Å². The van der Waals surface area contributed by atoms with Gasteiger partial charge in [-0.3, -0.25) is 9.58 Å². The van der Waals surface area contributed by atoms with Gasteiger partial charge in [0, 0.05) is 55.6 Å². The Kier molecular flexibility index (Phi) is 7.53. The molecule has 1 aliphatic rings. The Morgan fingerprint density at radius 3 is 2.47 bits per heavy atom. The highest BCUT2D eigenvalue weighted by molar-refractivity contribution is 7.80. The molecule has 1 fully saturated rings. The maximum atomic E-state index is 14.0. The van der Waals surface area contributed by atoms with E-state index in [1.807, 2.05) is 24.3 Å². The summed E-state index contributed by atoms with van der Waals surface area (Å²) in [5.41, 5.74) is 1.54. The number of hydrogen-bond donors (Lipinski definition) is 1. The van der Waals surface area contributed by atoms with Crippen molar-refractivity contribution in [3.63, 3.8) is 0 Å². The molecule has 1 saturated heterocycles. The van der Waals surface area contributed by atoms with Crippen LogP contribution in [0, 0.1) is 5.82 Å². The third-order valence-corrected chi connectivity index (χ3v) is 6.76. The molecule has 0 atom stereocenters. The number of piperazine rings is 1. The minimum absolute atomic E-state index is 0.243. The van der Waals surface area contributed by atoms with Crippen LogP contribution in [0.15, 0.2) is 48.7 Å². The van der Waals surface area contributed by atoms with Crippen LogP contribution in [0.1, 0.15) is 11.1 Å². The molecule has 0 aliphatic carbocycles. The van der Waals surface area contributed by atoms with E-state index >= 15 is 0 Å². The van der Waals surface area contributed by atoms with Crippen molar-refractivity contribution < 1.29 is 4.39 Å². The van der Waals surface area contributed by atoms with Gasteiger partial charge in [0.2, 0.25) is 0 Å². The Labute approximate surface area is 206 Å². The molecule has 0 unspecified atom stereocenters. The van der Waals surface area contributed by atoms with Gasteiger partial charge in [0.1, 0.15) is 5.82 Å². The van der Waals surface area contributed by atoms with E-state index in [0.717, 1.165) is 38.3 Å². The lowest BCUT2D eigenvalue weighted by Gasteiger charge is -2.36. The van der Waals surface area contributed by atoms with Crippen molar-refractivity contribution in [1.29, 1.82) is 0 Å². The normalized spacial score (nSPS) is 14.6. The number of anilines is 1. The summed E-state index contributed by atoms with van der Waals surface area (Å²) in [7, 11) is 0. The summed E-state index contributed by atoms with van der Waals surface area (Å²) in [4.78, 5) is 4.47. The summed E-state index contributed by atoms with van der Waals surface area (Å²) < 4.78 is 15.6. The summed E-state index contributed by atoms with van der Waals surface area (Å²) in [5.74, 6) is 0.262. The number of halogens is 4. The topological polar surface area (TPSA) is 36.3 Å². The van der Waals surface area contributed by atoms with Crippen LogP contribution in [0.2, 0.25) is 15.1 Å². The van der Waals surface area contributed by atoms with Gasteiger partial charge in [-0.2, -0.15) is 5.10 Å². The predicted octanol–water partition coefficient (Wildman–Crippen LogP) is 5.55. The fraction of sp³-hybridized carbons (Fsp3) is 0.273. The fourth-order valence-corrected chi connectivity index (χ4v) is 4.39. The second-order valence-electron chi connectivity index (χ2n) is 7.54. The van der Waals surface area contributed by atoms with Crippen LogP contribution in [0.4, 0.5) is 10.2 Å². The monoisotopic (exact) mass is 511 g/mol. The molecule has 1 aliphatic heterocycles. The Bertz CT molecular complexity index is 1090. The first-order chi connectivity index (χ1) is 15.4. The van der Waals surface area contributed by atoms with E-state index in [1.165, 1.54) is 6.07 Å². The minimum atomic E-state index is -0.350. The van der Waals surface area contributed by atoms with Crippen LogP contribution in [0.3, 0.4) is 0 Å². The quantitative estimate of drug-likeness (QED) is 0.454. The zero-order valence-corrected chi connectivity index (χ0v) is 20.2. The summed E-state index contributed by atoms with van der Waals surface area (Å²) >= 11 is 23.8. The number of nitrogens with one attached hydrogen (secondary N) is 1. The maximum Gasteiger partial charge on any atom is 0.174 e. The highest BCUT2D eigenvalue weighted by Crippen LogP contribution is 2.24. The molecule has 0 radical (unpaired) electrons. The fourth-order valence-electron chi connectivity index (χ4n) is 3.56. The maximum absolute atomic E-state index is 14.0. The molecular weight excluding hydrogens is 492 g/mol. The first-order valence-corrected chi connectivity index (χ1v) is 11.6. The van der Waals surface area contributed by atoms with Crippen molar-refractivity contribution in [2.45, 2.75) is 13.1 Å². The molecule has 0 bridgehead atoms.